The molecule has 0 saturated heterocycles. The molecule has 3 rings (SSSR count). The maximum atomic E-state index is 12.8. The van der Waals surface area contributed by atoms with Gasteiger partial charge in [0.25, 0.3) is 0 Å². The van der Waals surface area contributed by atoms with Gasteiger partial charge in [-0.1, -0.05) is 54.6 Å². The summed E-state index contributed by atoms with van der Waals surface area (Å²) >= 11 is 0. The van der Waals surface area contributed by atoms with Crippen LogP contribution in [0.4, 0.5) is 5.69 Å². The summed E-state index contributed by atoms with van der Waals surface area (Å²) in [7, 11) is 1.62. The first kappa shape index (κ1) is 18.4. The Morgan fingerprint density at radius 2 is 1.63 bits per heavy atom. The number of hydrogen-bond acceptors (Lipinski definition) is 3. The van der Waals surface area contributed by atoms with Gasteiger partial charge in [-0.15, -0.1) is 0 Å². The number of carbonyl (C=O) groups excluding carboxylic acids is 2. The van der Waals surface area contributed by atoms with Crippen LogP contribution in [-0.2, 0) is 11.2 Å². The van der Waals surface area contributed by atoms with E-state index in [2.05, 4.69) is 5.32 Å². The van der Waals surface area contributed by atoms with Gasteiger partial charge in [-0.05, 0) is 36.2 Å². The summed E-state index contributed by atoms with van der Waals surface area (Å²) in [5, 5.41) is 2.87. The summed E-state index contributed by atoms with van der Waals surface area (Å²) in [6.07, 6.45) is 0.221. The summed E-state index contributed by atoms with van der Waals surface area (Å²) in [6, 6.07) is 21.7. The van der Waals surface area contributed by atoms with Gasteiger partial charge >= 0.3 is 0 Å². The van der Waals surface area contributed by atoms with Crippen LogP contribution in [0.1, 0.15) is 27.0 Å². The van der Waals surface area contributed by atoms with Gasteiger partial charge in [0.2, 0.25) is 5.91 Å². The van der Waals surface area contributed by atoms with Gasteiger partial charge in [0, 0.05) is 11.1 Å². The monoisotopic (exact) mass is 359 g/mol. The lowest BCUT2D eigenvalue weighted by molar-refractivity contribution is -0.115. The van der Waals surface area contributed by atoms with E-state index in [-0.39, 0.29) is 18.1 Å². The van der Waals surface area contributed by atoms with E-state index in [1.165, 1.54) is 0 Å². The largest absolute Gasteiger partial charge is 0.496 e. The number of carbonyl (C=O) groups is 2. The SMILES string of the molecule is COc1ccc(CC(=O)Nc2ccccc2C(=O)c2ccccc2)cc1C. The van der Waals surface area contributed by atoms with E-state index in [9.17, 15) is 9.59 Å². The molecular weight excluding hydrogens is 338 g/mol. The molecule has 1 N–H and O–H groups in total. The van der Waals surface area contributed by atoms with Crippen molar-refractivity contribution in [2.75, 3.05) is 12.4 Å². The Balaban J connectivity index is 1.77. The number of ether oxygens (including phenoxy) is 1. The van der Waals surface area contributed by atoms with Gasteiger partial charge in [0.15, 0.2) is 5.78 Å². The van der Waals surface area contributed by atoms with Crippen molar-refractivity contribution < 1.29 is 14.3 Å². The van der Waals surface area contributed by atoms with E-state index in [4.69, 9.17) is 4.74 Å². The topological polar surface area (TPSA) is 55.4 Å². The molecule has 4 heteroatoms. The molecule has 27 heavy (non-hydrogen) atoms. The predicted molar refractivity (Wildman–Crippen MR) is 106 cm³/mol. The fourth-order valence-electron chi connectivity index (χ4n) is 2.97. The zero-order valence-electron chi connectivity index (χ0n) is 15.4. The Morgan fingerprint density at radius 3 is 2.33 bits per heavy atom. The number of anilines is 1. The summed E-state index contributed by atoms with van der Waals surface area (Å²) in [5.41, 5.74) is 3.44. The first-order valence-electron chi connectivity index (χ1n) is 8.70. The molecule has 0 aliphatic carbocycles. The van der Waals surface area contributed by atoms with Crippen LogP contribution in [0.3, 0.4) is 0 Å². The Morgan fingerprint density at radius 1 is 0.926 bits per heavy atom. The van der Waals surface area contributed by atoms with E-state index < -0.39 is 0 Å². The number of para-hydroxylation sites is 1. The van der Waals surface area contributed by atoms with Crippen LogP contribution in [0, 0.1) is 6.92 Å². The maximum Gasteiger partial charge on any atom is 0.228 e. The first-order chi connectivity index (χ1) is 13.1. The molecule has 0 atom stereocenters. The predicted octanol–water partition coefficient (Wildman–Crippen LogP) is 4.42. The van der Waals surface area contributed by atoms with Crippen LogP contribution in [0.2, 0.25) is 0 Å². The number of ketones is 1. The second-order valence-electron chi connectivity index (χ2n) is 6.27. The molecule has 1 amide bonds. The van der Waals surface area contributed by atoms with Gasteiger partial charge < -0.3 is 10.1 Å². The number of rotatable bonds is 6. The lowest BCUT2D eigenvalue weighted by Crippen LogP contribution is -2.17. The second kappa shape index (κ2) is 8.32. The third kappa shape index (κ3) is 4.42. The molecule has 0 aliphatic rings. The Kier molecular flexibility index (Phi) is 5.67. The molecule has 0 radical (unpaired) electrons. The van der Waals surface area contributed by atoms with Crippen LogP contribution in [0.25, 0.3) is 0 Å². The zero-order valence-corrected chi connectivity index (χ0v) is 15.4. The van der Waals surface area contributed by atoms with Gasteiger partial charge in [0.05, 0.1) is 19.2 Å². The van der Waals surface area contributed by atoms with Crippen molar-refractivity contribution >= 4 is 17.4 Å². The normalized spacial score (nSPS) is 10.3. The number of amides is 1. The quantitative estimate of drug-likeness (QED) is 0.663. The molecule has 4 nitrogen and oxygen atoms in total. The van der Waals surface area contributed by atoms with Crippen molar-refractivity contribution in [3.8, 4) is 5.75 Å². The van der Waals surface area contributed by atoms with Gasteiger partial charge in [-0.3, -0.25) is 9.59 Å². The minimum atomic E-state index is -0.173. The van der Waals surface area contributed by atoms with Crippen LogP contribution >= 0.6 is 0 Å². The Hall–Kier alpha value is -3.40. The van der Waals surface area contributed by atoms with Crippen molar-refractivity contribution in [2.24, 2.45) is 0 Å². The van der Waals surface area contributed by atoms with Crippen LogP contribution in [-0.4, -0.2) is 18.8 Å². The molecule has 0 saturated carbocycles. The molecule has 0 spiro atoms. The van der Waals surface area contributed by atoms with Gasteiger partial charge in [0.1, 0.15) is 5.75 Å². The number of nitrogens with one attached hydrogen (secondary N) is 1. The molecule has 3 aromatic carbocycles. The summed E-state index contributed by atoms with van der Waals surface area (Å²) < 4.78 is 5.25. The molecule has 0 bridgehead atoms. The fourth-order valence-corrected chi connectivity index (χ4v) is 2.97. The molecule has 3 aromatic rings. The number of hydrogen-bond donors (Lipinski definition) is 1. The van der Waals surface area contributed by atoms with Crippen molar-refractivity contribution in [1.82, 2.24) is 0 Å². The highest BCUT2D eigenvalue weighted by Crippen LogP contribution is 2.21. The average Bonchev–Trinajstić information content (AvgIpc) is 2.68. The smallest absolute Gasteiger partial charge is 0.228 e. The molecular formula is C23H21NO3. The molecule has 0 fully saturated rings. The zero-order chi connectivity index (χ0) is 19.2. The first-order valence-corrected chi connectivity index (χ1v) is 8.70. The molecule has 136 valence electrons. The highest BCUT2D eigenvalue weighted by Gasteiger charge is 2.15. The van der Waals surface area contributed by atoms with E-state index in [0.29, 0.717) is 16.8 Å². The molecule has 0 aliphatic heterocycles. The van der Waals surface area contributed by atoms with Crippen LogP contribution in [0.15, 0.2) is 72.8 Å². The average molecular weight is 359 g/mol. The van der Waals surface area contributed by atoms with E-state index in [1.54, 1.807) is 43.5 Å². The van der Waals surface area contributed by atoms with Gasteiger partial charge in [-0.2, -0.15) is 0 Å². The summed E-state index contributed by atoms with van der Waals surface area (Å²) in [5.74, 6) is 0.498. The molecule has 0 aromatic heterocycles. The molecule has 0 unspecified atom stereocenters. The van der Waals surface area contributed by atoms with Crippen molar-refractivity contribution in [3.05, 3.63) is 95.1 Å². The maximum absolute atomic E-state index is 12.8. The van der Waals surface area contributed by atoms with E-state index in [0.717, 1.165) is 16.9 Å². The van der Waals surface area contributed by atoms with E-state index >= 15 is 0 Å². The summed E-state index contributed by atoms with van der Waals surface area (Å²) in [4.78, 5) is 25.3. The second-order valence-corrected chi connectivity index (χ2v) is 6.27. The van der Waals surface area contributed by atoms with Crippen LogP contribution < -0.4 is 10.1 Å². The third-order valence-corrected chi connectivity index (χ3v) is 4.31. The Bertz CT molecular complexity index is 964. The standard InChI is InChI=1S/C23H21NO3/c1-16-14-17(12-13-21(16)27-2)15-22(25)24-20-11-7-6-10-19(20)23(26)18-8-4-3-5-9-18/h3-14H,15H2,1-2H3,(H,24,25). The lowest BCUT2D eigenvalue weighted by Gasteiger charge is -2.11. The number of aryl methyl sites for hydroxylation is 1. The van der Waals surface area contributed by atoms with Crippen molar-refractivity contribution in [1.29, 1.82) is 0 Å². The van der Waals surface area contributed by atoms with Crippen molar-refractivity contribution in [2.45, 2.75) is 13.3 Å². The lowest BCUT2D eigenvalue weighted by atomic mass is 10.0. The Labute approximate surface area is 158 Å². The minimum Gasteiger partial charge on any atom is -0.496 e. The number of methoxy groups -OCH3 is 1. The fraction of sp³-hybridized carbons (Fsp3) is 0.130. The highest BCUT2D eigenvalue weighted by atomic mass is 16.5. The highest BCUT2D eigenvalue weighted by molar-refractivity contribution is 6.13. The van der Waals surface area contributed by atoms with E-state index in [1.807, 2.05) is 43.3 Å². The van der Waals surface area contributed by atoms with Crippen molar-refractivity contribution in [3.63, 3.8) is 0 Å². The third-order valence-electron chi connectivity index (χ3n) is 4.31. The minimum absolute atomic E-state index is 0.119. The van der Waals surface area contributed by atoms with Crippen LogP contribution in [0.5, 0.6) is 5.75 Å². The number of benzene rings is 3. The molecule has 0 heterocycles. The summed E-state index contributed by atoms with van der Waals surface area (Å²) in [6.45, 7) is 1.94. The van der Waals surface area contributed by atoms with Gasteiger partial charge in [-0.25, -0.2) is 0 Å².